The van der Waals surface area contributed by atoms with Gasteiger partial charge in [0.1, 0.15) is 5.69 Å². The van der Waals surface area contributed by atoms with E-state index < -0.39 is 16.7 Å². The SMILES string of the molecule is CCn1cc(NC(=O)c2c([N+](=O)[O-])c(C)nn2C)c(C(=O)NC)n1. The number of anilines is 1. The van der Waals surface area contributed by atoms with Crippen LogP contribution in [-0.2, 0) is 13.6 Å². The summed E-state index contributed by atoms with van der Waals surface area (Å²) in [6, 6.07) is 0. The molecule has 2 aromatic rings. The van der Waals surface area contributed by atoms with Gasteiger partial charge < -0.3 is 10.6 Å². The highest BCUT2D eigenvalue weighted by atomic mass is 16.6. The molecule has 0 bridgehead atoms. The van der Waals surface area contributed by atoms with Crippen LogP contribution in [0.25, 0.3) is 0 Å². The summed E-state index contributed by atoms with van der Waals surface area (Å²) in [5.41, 5.74) is -0.268. The summed E-state index contributed by atoms with van der Waals surface area (Å²) in [7, 11) is 2.87. The lowest BCUT2D eigenvalue weighted by Gasteiger charge is -2.04. The minimum absolute atomic E-state index is 0.0224. The van der Waals surface area contributed by atoms with Gasteiger partial charge in [-0.2, -0.15) is 10.2 Å². The van der Waals surface area contributed by atoms with Gasteiger partial charge >= 0.3 is 5.69 Å². The zero-order valence-electron chi connectivity index (χ0n) is 13.7. The first kappa shape index (κ1) is 17.1. The van der Waals surface area contributed by atoms with Crippen molar-refractivity contribution >= 4 is 23.2 Å². The molecule has 2 amide bonds. The number of nitrogens with zero attached hydrogens (tertiary/aromatic N) is 5. The molecule has 11 nitrogen and oxygen atoms in total. The van der Waals surface area contributed by atoms with E-state index in [1.165, 1.54) is 31.9 Å². The van der Waals surface area contributed by atoms with E-state index in [4.69, 9.17) is 0 Å². The number of hydrogen-bond acceptors (Lipinski definition) is 6. The van der Waals surface area contributed by atoms with Crippen LogP contribution in [-0.4, -0.2) is 43.3 Å². The molecule has 2 aromatic heterocycles. The van der Waals surface area contributed by atoms with E-state index in [0.717, 1.165) is 4.68 Å². The Bertz CT molecular complexity index is 821. The van der Waals surface area contributed by atoms with Gasteiger partial charge in [-0.1, -0.05) is 0 Å². The van der Waals surface area contributed by atoms with Crippen LogP contribution in [0.5, 0.6) is 0 Å². The van der Waals surface area contributed by atoms with Crippen molar-refractivity contribution in [3.8, 4) is 0 Å². The molecule has 0 aliphatic carbocycles. The van der Waals surface area contributed by atoms with Gasteiger partial charge in [-0.05, 0) is 13.8 Å². The second-order valence-corrected chi connectivity index (χ2v) is 4.94. The van der Waals surface area contributed by atoms with E-state index in [-0.39, 0.29) is 28.5 Å². The molecule has 0 fully saturated rings. The second kappa shape index (κ2) is 6.48. The molecule has 0 spiro atoms. The van der Waals surface area contributed by atoms with Crippen LogP contribution >= 0.6 is 0 Å². The summed E-state index contributed by atoms with van der Waals surface area (Å²) in [5, 5.41) is 24.1. The highest BCUT2D eigenvalue weighted by Crippen LogP contribution is 2.24. The lowest BCUT2D eigenvalue weighted by molar-refractivity contribution is -0.385. The number of hydrogen-bond donors (Lipinski definition) is 2. The summed E-state index contributed by atoms with van der Waals surface area (Å²) < 4.78 is 2.61. The molecule has 0 unspecified atom stereocenters. The first-order chi connectivity index (χ1) is 11.3. The third-order valence-electron chi connectivity index (χ3n) is 3.36. The van der Waals surface area contributed by atoms with Crippen molar-refractivity contribution in [3.05, 3.63) is 33.4 Å². The highest BCUT2D eigenvalue weighted by Gasteiger charge is 2.30. The van der Waals surface area contributed by atoms with Crippen LogP contribution in [0.2, 0.25) is 0 Å². The van der Waals surface area contributed by atoms with Crippen molar-refractivity contribution in [3.63, 3.8) is 0 Å². The smallest absolute Gasteiger partial charge is 0.322 e. The minimum atomic E-state index is -0.745. The summed E-state index contributed by atoms with van der Waals surface area (Å²) in [6.07, 6.45) is 1.48. The first-order valence-electron chi connectivity index (χ1n) is 7.09. The Hall–Kier alpha value is -3.24. The van der Waals surface area contributed by atoms with Gasteiger partial charge in [0.2, 0.25) is 5.69 Å². The molecule has 0 aliphatic rings. The molecule has 0 radical (unpaired) electrons. The molecule has 2 heterocycles. The average Bonchev–Trinajstić information content (AvgIpc) is 3.06. The average molecular weight is 335 g/mol. The van der Waals surface area contributed by atoms with Gasteiger partial charge in [-0.25, -0.2) is 0 Å². The zero-order chi connectivity index (χ0) is 18.0. The van der Waals surface area contributed by atoms with Gasteiger partial charge in [0.05, 0.1) is 10.6 Å². The molecule has 0 atom stereocenters. The maximum atomic E-state index is 12.5. The lowest BCUT2D eigenvalue weighted by Crippen LogP contribution is -2.22. The minimum Gasteiger partial charge on any atom is -0.354 e. The lowest BCUT2D eigenvalue weighted by atomic mass is 10.2. The molecule has 0 aromatic carbocycles. The standard InChI is InChI=1S/C13H17N7O4/c1-5-19-6-8(9(17-19)12(21)14-3)15-13(22)11-10(20(23)24)7(2)16-18(11)4/h6H,5H2,1-4H3,(H,14,21)(H,15,22). The molecule has 2 N–H and O–H groups in total. The number of carbonyl (C=O) groups is 2. The maximum absolute atomic E-state index is 12.5. The van der Waals surface area contributed by atoms with Crippen molar-refractivity contribution in [1.82, 2.24) is 24.9 Å². The fourth-order valence-corrected chi connectivity index (χ4v) is 2.26. The summed E-state index contributed by atoms with van der Waals surface area (Å²) in [5.74, 6) is -1.22. The molecule has 0 aliphatic heterocycles. The van der Waals surface area contributed by atoms with E-state index >= 15 is 0 Å². The summed E-state index contributed by atoms with van der Waals surface area (Å²) in [4.78, 5) is 34.9. The largest absolute Gasteiger partial charge is 0.354 e. The van der Waals surface area contributed by atoms with Gasteiger partial charge in [0, 0.05) is 26.8 Å². The molecule has 11 heteroatoms. The zero-order valence-corrected chi connectivity index (χ0v) is 13.7. The van der Waals surface area contributed by atoms with Crippen LogP contribution in [0.1, 0.15) is 33.6 Å². The van der Waals surface area contributed by atoms with Gasteiger partial charge in [-0.15, -0.1) is 0 Å². The van der Waals surface area contributed by atoms with E-state index in [0.29, 0.717) is 6.54 Å². The number of carbonyl (C=O) groups excluding carboxylic acids is 2. The predicted molar refractivity (Wildman–Crippen MR) is 83.8 cm³/mol. The fraction of sp³-hybridized carbons (Fsp3) is 0.385. The Balaban J connectivity index is 2.43. The van der Waals surface area contributed by atoms with Gasteiger partial charge in [0.15, 0.2) is 5.69 Å². The van der Waals surface area contributed by atoms with Crippen LogP contribution in [0.15, 0.2) is 6.20 Å². The Labute approximate surface area is 136 Å². The monoisotopic (exact) mass is 335 g/mol. The van der Waals surface area contributed by atoms with Crippen LogP contribution in [0.4, 0.5) is 11.4 Å². The number of amides is 2. The molecule has 2 rings (SSSR count). The van der Waals surface area contributed by atoms with E-state index in [2.05, 4.69) is 20.8 Å². The number of nitrogens with one attached hydrogen (secondary N) is 2. The molecule has 0 saturated carbocycles. The third-order valence-corrected chi connectivity index (χ3v) is 3.36. The normalized spacial score (nSPS) is 10.5. The molecule has 24 heavy (non-hydrogen) atoms. The molecular formula is C13H17N7O4. The molecular weight excluding hydrogens is 318 g/mol. The second-order valence-electron chi connectivity index (χ2n) is 4.94. The number of aryl methyl sites for hydroxylation is 3. The number of nitro groups is 1. The Morgan fingerprint density at radius 2 is 2.00 bits per heavy atom. The Kier molecular flexibility index (Phi) is 4.62. The van der Waals surface area contributed by atoms with Crippen molar-refractivity contribution in [2.75, 3.05) is 12.4 Å². The van der Waals surface area contributed by atoms with Crippen LogP contribution in [0.3, 0.4) is 0 Å². The highest BCUT2D eigenvalue weighted by molar-refractivity contribution is 6.09. The summed E-state index contributed by atoms with van der Waals surface area (Å²) >= 11 is 0. The Morgan fingerprint density at radius 3 is 2.54 bits per heavy atom. The van der Waals surface area contributed by atoms with Crippen LogP contribution < -0.4 is 10.6 Å². The van der Waals surface area contributed by atoms with Gasteiger partial charge in [-0.3, -0.25) is 29.1 Å². The van der Waals surface area contributed by atoms with E-state index in [1.54, 1.807) is 0 Å². The Morgan fingerprint density at radius 1 is 1.33 bits per heavy atom. The maximum Gasteiger partial charge on any atom is 0.322 e. The van der Waals surface area contributed by atoms with Crippen LogP contribution in [0, 0.1) is 17.0 Å². The van der Waals surface area contributed by atoms with Crippen molar-refractivity contribution in [1.29, 1.82) is 0 Å². The molecule has 0 saturated heterocycles. The summed E-state index contributed by atoms with van der Waals surface area (Å²) in [6.45, 7) is 3.76. The van der Waals surface area contributed by atoms with Crippen molar-refractivity contribution in [2.45, 2.75) is 20.4 Å². The third kappa shape index (κ3) is 2.95. The fourth-order valence-electron chi connectivity index (χ4n) is 2.26. The van der Waals surface area contributed by atoms with E-state index in [1.807, 2.05) is 6.92 Å². The number of rotatable bonds is 5. The van der Waals surface area contributed by atoms with Gasteiger partial charge in [0.25, 0.3) is 11.8 Å². The van der Waals surface area contributed by atoms with Crippen molar-refractivity contribution < 1.29 is 14.5 Å². The van der Waals surface area contributed by atoms with E-state index in [9.17, 15) is 19.7 Å². The predicted octanol–water partition coefficient (Wildman–Crippen LogP) is 0.465. The first-order valence-corrected chi connectivity index (χ1v) is 7.09. The number of aromatic nitrogens is 4. The quantitative estimate of drug-likeness (QED) is 0.601. The van der Waals surface area contributed by atoms with Crippen molar-refractivity contribution in [2.24, 2.45) is 7.05 Å². The molecule has 128 valence electrons. The topological polar surface area (TPSA) is 137 Å².